The Morgan fingerprint density at radius 3 is 2.45 bits per heavy atom. The van der Waals surface area contributed by atoms with E-state index in [0.717, 1.165) is 37.7 Å². The predicted octanol–water partition coefficient (Wildman–Crippen LogP) is 5.30. The predicted molar refractivity (Wildman–Crippen MR) is 122 cm³/mol. The molecule has 0 atom stereocenters. The van der Waals surface area contributed by atoms with Crippen molar-refractivity contribution in [2.75, 3.05) is 13.1 Å². The minimum atomic E-state index is -3.97. The Labute approximate surface area is 188 Å². The smallest absolute Gasteiger partial charge is 0.256 e. The van der Waals surface area contributed by atoms with Gasteiger partial charge >= 0.3 is 0 Å². The van der Waals surface area contributed by atoms with E-state index in [1.807, 2.05) is 12.1 Å². The lowest BCUT2D eigenvalue weighted by Crippen LogP contribution is -2.36. The van der Waals surface area contributed by atoms with Crippen molar-refractivity contribution in [3.05, 3.63) is 64.8 Å². The van der Waals surface area contributed by atoms with Crippen molar-refractivity contribution in [1.29, 1.82) is 0 Å². The average molecular weight is 457 g/mol. The van der Waals surface area contributed by atoms with Gasteiger partial charge in [-0.3, -0.25) is 9.78 Å². The van der Waals surface area contributed by atoms with Crippen molar-refractivity contribution in [3.63, 3.8) is 0 Å². The van der Waals surface area contributed by atoms with Crippen LogP contribution in [0.4, 0.5) is 0 Å². The molecule has 162 valence electrons. The molecule has 0 radical (unpaired) electrons. The summed E-state index contributed by atoms with van der Waals surface area (Å²) in [6.07, 6.45) is 6.16. The second kappa shape index (κ2) is 8.97. The van der Waals surface area contributed by atoms with E-state index in [1.54, 1.807) is 35.2 Å². The van der Waals surface area contributed by atoms with Crippen LogP contribution in [0.2, 0.25) is 5.02 Å². The van der Waals surface area contributed by atoms with Gasteiger partial charge in [-0.15, -0.1) is 0 Å². The number of fused-ring (bicyclic) bond motifs is 1. The van der Waals surface area contributed by atoms with Gasteiger partial charge in [-0.1, -0.05) is 37.1 Å². The van der Waals surface area contributed by atoms with Crippen molar-refractivity contribution >= 4 is 38.2 Å². The minimum absolute atomic E-state index is 0.0150. The monoisotopic (exact) mass is 456 g/mol. The number of aryl methyl sites for hydroxylation is 1. The number of sulfone groups is 1. The SMILES string of the molecule is CCCc1ccc(S(=O)(=O)c2c(C(=O)N3CCCCC3)cnc3ccc(Cl)cc23)cc1. The normalized spacial score (nSPS) is 14.7. The van der Waals surface area contributed by atoms with E-state index in [4.69, 9.17) is 11.6 Å². The highest BCUT2D eigenvalue weighted by Gasteiger charge is 2.30. The number of piperidine rings is 1. The topological polar surface area (TPSA) is 67.3 Å². The van der Waals surface area contributed by atoms with E-state index in [-0.39, 0.29) is 21.3 Å². The Balaban J connectivity index is 1.91. The van der Waals surface area contributed by atoms with Crippen LogP contribution in [0.1, 0.15) is 48.5 Å². The van der Waals surface area contributed by atoms with E-state index in [2.05, 4.69) is 11.9 Å². The largest absolute Gasteiger partial charge is 0.339 e. The zero-order valence-corrected chi connectivity index (χ0v) is 19.0. The molecule has 1 saturated heterocycles. The molecule has 0 saturated carbocycles. The number of carbonyl (C=O) groups is 1. The molecule has 0 N–H and O–H groups in total. The molecule has 1 amide bonds. The van der Waals surface area contributed by atoms with Crippen molar-refractivity contribution in [2.24, 2.45) is 0 Å². The third-order valence-corrected chi connectivity index (χ3v) is 7.80. The molecule has 1 aromatic heterocycles. The number of amides is 1. The van der Waals surface area contributed by atoms with Crippen LogP contribution in [-0.2, 0) is 16.3 Å². The Kier molecular flexibility index (Phi) is 6.30. The van der Waals surface area contributed by atoms with E-state index >= 15 is 0 Å². The van der Waals surface area contributed by atoms with Crippen LogP contribution in [0.5, 0.6) is 0 Å². The van der Waals surface area contributed by atoms with Gasteiger partial charge in [0, 0.05) is 29.7 Å². The number of hydrogen-bond acceptors (Lipinski definition) is 4. The Bertz CT molecular complexity index is 1220. The van der Waals surface area contributed by atoms with Gasteiger partial charge in [-0.05, 0) is 61.6 Å². The van der Waals surface area contributed by atoms with Crippen molar-refractivity contribution in [2.45, 2.75) is 48.8 Å². The van der Waals surface area contributed by atoms with Crippen molar-refractivity contribution in [3.8, 4) is 0 Å². The molecule has 2 aromatic carbocycles. The van der Waals surface area contributed by atoms with E-state index in [1.165, 1.54) is 6.20 Å². The van der Waals surface area contributed by atoms with Crippen molar-refractivity contribution in [1.82, 2.24) is 9.88 Å². The molecule has 2 heterocycles. The summed E-state index contributed by atoms with van der Waals surface area (Å²) >= 11 is 6.20. The third kappa shape index (κ3) is 4.32. The molecular weight excluding hydrogens is 432 g/mol. The lowest BCUT2D eigenvalue weighted by atomic mass is 10.1. The molecule has 0 bridgehead atoms. The maximum atomic E-state index is 13.8. The van der Waals surface area contributed by atoms with E-state index in [9.17, 15) is 13.2 Å². The first-order valence-corrected chi connectivity index (χ1v) is 12.5. The highest BCUT2D eigenvalue weighted by atomic mass is 35.5. The van der Waals surface area contributed by atoms with Crippen LogP contribution in [0, 0.1) is 0 Å². The molecule has 1 fully saturated rings. The van der Waals surface area contributed by atoms with Crippen LogP contribution in [0.15, 0.2) is 58.5 Å². The van der Waals surface area contributed by atoms with Gasteiger partial charge in [-0.2, -0.15) is 0 Å². The lowest BCUT2D eigenvalue weighted by molar-refractivity contribution is 0.0720. The molecule has 0 aliphatic carbocycles. The molecule has 0 spiro atoms. The van der Waals surface area contributed by atoms with Crippen LogP contribution < -0.4 is 0 Å². The van der Waals surface area contributed by atoms with Crippen LogP contribution >= 0.6 is 11.6 Å². The third-order valence-electron chi connectivity index (χ3n) is 5.70. The van der Waals surface area contributed by atoms with Gasteiger partial charge in [0.05, 0.1) is 20.9 Å². The van der Waals surface area contributed by atoms with Gasteiger partial charge < -0.3 is 4.90 Å². The number of aromatic nitrogens is 1. The molecule has 0 unspecified atom stereocenters. The Hall–Kier alpha value is -2.44. The summed E-state index contributed by atoms with van der Waals surface area (Å²) in [4.78, 5) is 19.6. The minimum Gasteiger partial charge on any atom is -0.339 e. The quantitative estimate of drug-likeness (QED) is 0.522. The molecule has 4 rings (SSSR count). The van der Waals surface area contributed by atoms with E-state index in [0.29, 0.717) is 29.0 Å². The van der Waals surface area contributed by atoms with E-state index < -0.39 is 9.84 Å². The second-order valence-corrected chi connectivity index (χ2v) is 10.2. The number of nitrogens with zero attached hydrogens (tertiary/aromatic N) is 2. The van der Waals surface area contributed by atoms with Crippen LogP contribution in [0.3, 0.4) is 0 Å². The van der Waals surface area contributed by atoms with Gasteiger partial charge in [0.2, 0.25) is 9.84 Å². The molecule has 31 heavy (non-hydrogen) atoms. The average Bonchev–Trinajstić information content (AvgIpc) is 2.79. The molecular formula is C24H25ClN2O3S. The lowest BCUT2D eigenvalue weighted by Gasteiger charge is -2.27. The number of rotatable bonds is 5. The zero-order chi connectivity index (χ0) is 22.0. The summed E-state index contributed by atoms with van der Waals surface area (Å²) in [6, 6.07) is 11.8. The Morgan fingerprint density at radius 2 is 1.77 bits per heavy atom. The first-order valence-electron chi connectivity index (χ1n) is 10.6. The highest BCUT2D eigenvalue weighted by Crippen LogP contribution is 2.33. The fourth-order valence-corrected chi connectivity index (χ4v) is 5.88. The first kappa shape index (κ1) is 21.8. The van der Waals surface area contributed by atoms with Crippen LogP contribution in [0.25, 0.3) is 10.9 Å². The summed E-state index contributed by atoms with van der Waals surface area (Å²) in [6.45, 7) is 3.32. The summed E-state index contributed by atoms with van der Waals surface area (Å²) in [5.41, 5.74) is 1.67. The van der Waals surface area contributed by atoms with Gasteiger partial charge in [0.25, 0.3) is 5.91 Å². The zero-order valence-electron chi connectivity index (χ0n) is 17.5. The number of likely N-dealkylation sites (tertiary alicyclic amines) is 1. The Morgan fingerprint density at radius 1 is 1.06 bits per heavy atom. The van der Waals surface area contributed by atoms with Crippen LogP contribution in [-0.4, -0.2) is 37.3 Å². The highest BCUT2D eigenvalue weighted by molar-refractivity contribution is 7.91. The number of carbonyl (C=O) groups excluding carboxylic acids is 1. The fraction of sp³-hybridized carbons (Fsp3) is 0.333. The number of halogens is 1. The molecule has 3 aromatic rings. The number of hydrogen-bond donors (Lipinski definition) is 0. The van der Waals surface area contributed by atoms with Gasteiger partial charge in [0.1, 0.15) is 0 Å². The summed E-state index contributed by atoms with van der Waals surface area (Å²) in [5.74, 6) is -0.296. The maximum Gasteiger partial charge on any atom is 0.256 e. The maximum absolute atomic E-state index is 13.8. The summed E-state index contributed by atoms with van der Waals surface area (Å²) in [7, 11) is -3.97. The fourth-order valence-electron chi connectivity index (χ4n) is 4.09. The molecule has 1 aliphatic rings. The summed E-state index contributed by atoms with van der Waals surface area (Å²) < 4.78 is 27.6. The first-order chi connectivity index (χ1) is 14.9. The standard InChI is InChI=1S/C24H25ClN2O3S/c1-2-6-17-7-10-19(11-8-17)31(29,30)23-20-15-18(25)9-12-22(20)26-16-21(23)24(28)27-13-4-3-5-14-27/h7-12,15-16H,2-6,13-14H2,1H3. The number of pyridine rings is 1. The second-order valence-electron chi connectivity index (χ2n) is 7.91. The molecule has 7 heteroatoms. The van der Waals surface area contributed by atoms with Gasteiger partial charge in [0.15, 0.2) is 0 Å². The molecule has 5 nitrogen and oxygen atoms in total. The summed E-state index contributed by atoms with van der Waals surface area (Å²) in [5, 5.41) is 0.764. The van der Waals surface area contributed by atoms with Crippen molar-refractivity contribution < 1.29 is 13.2 Å². The number of benzene rings is 2. The van der Waals surface area contributed by atoms with Gasteiger partial charge in [-0.25, -0.2) is 8.42 Å². The molecule has 1 aliphatic heterocycles.